The summed E-state index contributed by atoms with van der Waals surface area (Å²) in [4.78, 5) is 19.8. The van der Waals surface area contributed by atoms with Crippen LogP contribution in [0, 0.1) is 17.2 Å². The summed E-state index contributed by atoms with van der Waals surface area (Å²) in [7, 11) is 1.76. The van der Waals surface area contributed by atoms with Crippen molar-refractivity contribution in [3.05, 3.63) is 53.5 Å². The Bertz CT molecular complexity index is 946. The molecule has 0 aliphatic carbocycles. The van der Waals surface area contributed by atoms with Crippen LogP contribution in [0.3, 0.4) is 0 Å². The molecule has 1 N–H and O–H groups in total. The second kappa shape index (κ2) is 8.89. The molecule has 1 atom stereocenters. The van der Waals surface area contributed by atoms with Gasteiger partial charge in [0.2, 0.25) is 0 Å². The number of anilines is 1. The molecule has 0 spiro atoms. The summed E-state index contributed by atoms with van der Waals surface area (Å²) in [6, 6.07) is 17.7. The normalized spacial score (nSPS) is 11.7. The molecule has 0 fully saturated rings. The summed E-state index contributed by atoms with van der Waals surface area (Å²) in [5, 5.41) is 12.8. The van der Waals surface area contributed by atoms with Crippen LogP contribution in [0.25, 0.3) is 10.2 Å². The first kappa shape index (κ1) is 19.2. The van der Waals surface area contributed by atoms with Gasteiger partial charge in [-0.15, -0.1) is 23.1 Å². The van der Waals surface area contributed by atoms with E-state index in [1.165, 1.54) is 0 Å². The summed E-state index contributed by atoms with van der Waals surface area (Å²) in [6.07, 6.45) is 0. The Morgan fingerprint density at radius 1 is 1.30 bits per heavy atom. The molecule has 2 amide bonds. The Morgan fingerprint density at radius 3 is 2.81 bits per heavy atom. The van der Waals surface area contributed by atoms with E-state index in [-0.39, 0.29) is 11.9 Å². The molecule has 0 aliphatic rings. The van der Waals surface area contributed by atoms with Crippen molar-refractivity contribution in [2.24, 2.45) is 5.92 Å². The maximum absolute atomic E-state index is 12.6. The third-order valence-corrected chi connectivity index (χ3v) is 6.25. The summed E-state index contributed by atoms with van der Waals surface area (Å²) in [5.74, 6) is 0.644. The second-order valence-corrected chi connectivity index (χ2v) is 8.38. The Hall–Kier alpha value is -2.56. The minimum atomic E-state index is -0.185. The molecule has 1 unspecified atom stereocenters. The molecule has 138 valence electrons. The number of thioether (sulfide) groups is 1. The van der Waals surface area contributed by atoms with Crippen molar-refractivity contribution in [1.82, 2.24) is 9.88 Å². The predicted molar refractivity (Wildman–Crippen MR) is 112 cm³/mol. The number of para-hydroxylation sites is 2. The average molecular weight is 397 g/mol. The van der Waals surface area contributed by atoms with Crippen LogP contribution < -0.4 is 5.32 Å². The smallest absolute Gasteiger partial charge is 0.321 e. The number of carbonyl (C=O) groups excluding carboxylic acids is 1. The quantitative estimate of drug-likeness (QED) is 0.581. The zero-order valence-corrected chi connectivity index (χ0v) is 16.8. The van der Waals surface area contributed by atoms with Gasteiger partial charge in [-0.05, 0) is 31.2 Å². The number of amides is 2. The van der Waals surface area contributed by atoms with Gasteiger partial charge in [-0.1, -0.05) is 24.3 Å². The van der Waals surface area contributed by atoms with Crippen LogP contribution >= 0.6 is 23.1 Å². The highest BCUT2D eigenvalue weighted by atomic mass is 32.2. The number of aromatic nitrogens is 1. The Morgan fingerprint density at radius 2 is 2.04 bits per heavy atom. The van der Waals surface area contributed by atoms with Gasteiger partial charge in [-0.3, -0.25) is 0 Å². The van der Waals surface area contributed by atoms with E-state index < -0.39 is 0 Å². The first-order valence-corrected chi connectivity index (χ1v) is 10.3. The van der Waals surface area contributed by atoms with Crippen molar-refractivity contribution in [2.75, 3.05) is 18.1 Å². The molecule has 5 nitrogen and oxygen atoms in total. The number of hydrogen-bond donors (Lipinski definition) is 1. The van der Waals surface area contributed by atoms with E-state index in [0.29, 0.717) is 12.3 Å². The molecule has 0 radical (unpaired) electrons. The van der Waals surface area contributed by atoms with Crippen molar-refractivity contribution in [2.45, 2.75) is 18.4 Å². The van der Waals surface area contributed by atoms with Gasteiger partial charge in [0.05, 0.1) is 34.4 Å². The van der Waals surface area contributed by atoms with Gasteiger partial charge >= 0.3 is 6.03 Å². The maximum atomic E-state index is 12.6. The summed E-state index contributed by atoms with van der Waals surface area (Å²) in [5.41, 5.74) is 1.72. The van der Waals surface area contributed by atoms with E-state index in [1.807, 2.05) is 55.5 Å². The molecule has 0 saturated heterocycles. The van der Waals surface area contributed by atoms with E-state index >= 15 is 0 Å². The molecule has 7 heteroatoms. The predicted octanol–water partition coefficient (Wildman–Crippen LogP) is 5.21. The van der Waals surface area contributed by atoms with Crippen LogP contribution in [0.1, 0.15) is 11.9 Å². The zero-order chi connectivity index (χ0) is 19.2. The number of nitriles is 1. The SMILES string of the molecule is CC(C#N)CSc1ccccc1NC(=O)N(C)Cc1nc2ccccc2s1. The van der Waals surface area contributed by atoms with Gasteiger partial charge in [0.15, 0.2) is 0 Å². The van der Waals surface area contributed by atoms with E-state index in [4.69, 9.17) is 5.26 Å². The topological polar surface area (TPSA) is 69.0 Å². The third kappa shape index (κ3) is 5.00. The molecule has 3 aromatic rings. The first-order valence-electron chi connectivity index (χ1n) is 8.55. The van der Waals surface area contributed by atoms with Crippen molar-refractivity contribution in [1.29, 1.82) is 5.26 Å². The lowest BCUT2D eigenvalue weighted by atomic mass is 10.3. The Balaban J connectivity index is 1.65. The average Bonchev–Trinajstić information content (AvgIpc) is 3.09. The lowest BCUT2D eigenvalue weighted by Crippen LogP contribution is -2.31. The Kier molecular flexibility index (Phi) is 6.32. The van der Waals surface area contributed by atoms with Gasteiger partial charge < -0.3 is 10.2 Å². The standard InChI is InChI=1S/C20H20N4OS2/c1-14(11-21)13-26-17-9-5-3-7-15(17)23-20(25)24(2)12-19-22-16-8-4-6-10-18(16)27-19/h3-10,14H,12-13H2,1-2H3,(H,23,25). The molecule has 0 bridgehead atoms. The minimum absolute atomic E-state index is 0.0412. The van der Waals surface area contributed by atoms with Crippen LogP contribution in [0.4, 0.5) is 10.5 Å². The molecule has 2 aromatic carbocycles. The molecular weight excluding hydrogens is 376 g/mol. The number of nitrogens with zero attached hydrogens (tertiary/aromatic N) is 3. The highest BCUT2D eigenvalue weighted by Gasteiger charge is 2.14. The number of thiazole rings is 1. The molecule has 27 heavy (non-hydrogen) atoms. The van der Waals surface area contributed by atoms with Gasteiger partial charge in [-0.2, -0.15) is 5.26 Å². The number of nitrogens with one attached hydrogen (secondary N) is 1. The minimum Gasteiger partial charge on any atom is -0.321 e. The van der Waals surface area contributed by atoms with E-state index in [1.54, 1.807) is 35.0 Å². The number of fused-ring (bicyclic) bond motifs is 1. The summed E-state index contributed by atoms with van der Waals surface area (Å²) in [6.45, 7) is 2.34. The largest absolute Gasteiger partial charge is 0.321 e. The molecule has 0 saturated carbocycles. The van der Waals surface area contributed by atoms with Crippen LogP contribution in [0.5, 0.6) is 0 Å². The highest BCUT2D eigenvalue weighted by molar-refractivity contribution is 7.99. The summed E-state index contributed by atoms with van der Waals surface area (Å²) < 4.78 is 1.12. The number of urea groups is 1. The van der Waals surface area contributed by atoms with E-state index in [2.05, 4.69) is 16.4 Å². The summed E-state index contributed by atoms with van der Waals surface area (Å²) >= 11 is 3.17. The molecule has 3 rings (SSSR count). The molecule has 0 aliphatic heterocycles. The number of hydrogen-bond acceptors (Lipinski definition) is 5. The highest BCUT2D eigenvalue weighted by Crippen LogP contribution is 2.29. The van der Waals surface area contributed by atoms with Crippen molar-refractivity contribution in [3.63, 3.8) is 0 Å². The van der Waals surface area contributed by atoms with Gasteiger partial charge in [0.25, 0.3) is 0 Å². The van der Waals surface area contributed by atoms with E-state index in [9.17, 15) is 4.79 Å². The fraction of sp³-hybridized carbons (Fsp3) is 0.250. The van der Waals surface area contributed by atoms with Crippen LogP contribution in [-0.4, -0.2) is 28.7 Å². The monoisotopic (exact) mass is 396 g/mol. The molecule has 1 heterocycles. The molecule has 1 aromatic heterocycles. The van der Waals surface area contributed by atoms with Crippen molar-refractivity contribution in [3.8, 4) is 6.07 Å². The van der Waals surface area contributed by atoms with Crippen molar-refractivity contribution < 1.29 is 4.79 Å². The number of benzene rings is 2. The lowest BCUT2D eigenvalue weighted by Gasteiger charge is -2.18. The van der Waals surface area contributed by atoms with Crippen molar-refractivity contribution >= 4 is 45.0 Å². The van der Waals surface area contributed by atoms with Gasteiger partial charge in [-0.25, -0.2) is 9.78 Å². The van der Waals surface area contributed by atoms with Gasteiger partial charge in [0.1, 0.15) is 5.01 Å². The second-order valence-electron chi connectivity index (χ2n) is 6.20. The fourth-order valence-corrected chi connectivity index (χ4v) is 4.40. The Labute approximate surface area is 167 Å². The maximum Gasteiger partial charge on any atom is 0.321 e. The van der Waals surface area contributed by atoms with Crippen LogP contribution in [0.2, 0.25) is 0 Å². The van der Waals surface area contributed by atoms with Crippen LogP contribution in [0.15, 0.2) is 53.4 Å². The fourth-order valence-electron chi connectivity index (χ4n) is 2.42. The number of rotatable bonds is 6. The lowest BCUT2D eigenvalue weighted by molar-refractivity contribution is 0.220. The van der Waals surface area contributed by atoms with Gasteiger partial charge in [0, 0.05) is 17.7 Å². The number of carbonyl (C=O) groups is 1. The zero-order valence-electron chi connectivity index (χ0n) is 15.2. The molecular formula is C20H20N4OS2. The third-order valence-electron chi connectivity index (χ3n) is 3.90. The van der Waals surface area contributed by atoms with Crippen LogP contribution in [-0.2, 0) is 6.54 Å². The first-order chi connectivity index (χ1) is 13.1. The van der Waals surface area contributed by atoms with E-state index in [0.717, 1.165) is 25.8 Å².